The highest BCUT2D eigenvalue weighted by molar-refractivity contribution is 4.96. The van der Waals surface area contributed by atoms with Crippen molar-refractivity contribution in [2.75, 3.05) is 13.2 Å². The average Bonchev–Trinajstić information content (AvgIpc) is 3.11. The number of hydrogen-bond acceptors (Lipinski definition) is 11. The van der Waals surface area contributed by atoms with Crippen molar-refractivity contribution < 1.29 is 39.7 Å². The number of nitrogens with two attached hydrogens (primary N) is 1. The van der Waals surface area contributed by atoms with Gasteiger partial charge in [-0.25, -0.2) is 4.79 Å². The Morgan fingerprint density at radius 3 is 2.43 bits per heavy atom. The molecule has 1 unspecified atom stereocenters. The molecular weight excluding hydrogens is 382 g/mol. The van der Waals surface area contributed by atoms with Crippen molar-refractivity contribution in [2.45, 2.75) is 55.2 Å². The SMILES string of the molecule is NC[C@H]1O[C@@H](O[C@@H](CO)C2O[C@@H](n3ccc(=O)[nH]c3=O)[C@H](O)[C@@H]2O)[C@H](O)[C@@H]1O. The van der Waals surface area contributed by atoms with Gasteiger partial charge in [-0.05, 0) is 0 Å². The molecular formula is C15H23N3O10. The highest BCUT2D eigenvalue weighted by Crippen LogP contribution is 2.32. The molecule has 0 aliphatic carbocycles. The fourth-order valence-electron chi connectivity index (χ4n) is 3.27. The number of aliphatic hydroxyl groups is 5. The zero-order valence-corrected chi connectivity index (χ0v) is 14.6. The van der Waals surface area contributed by atoms with Crippen molar-refractivity contribution >= 4 is 0 Å². The molecule has 13 nitrogen and oxygen atoms in total. The maximum absolute atomic E-state index is 11.9. The lowest BCUT2D eigenvalue weighted by atomic mass is 10.1. The number of nitrogens with one attached hydrogen (secondary N) is 1. The molecule has 3 rings (SSSR count). The van der Waals surface area contributed by atoms with Crippen LogP contribution in [0.2, 0.25) is 0 Å². The molecule has 8 N–H and O–H groups in total. The molecule has 3 heterocycles. The van der Waals surface area contributed by atoms with Crippen LogP contribution in [-0.2, 0) is 14.2 Å². The monoisotopic (exact) mass is 405 g/mol. The summed E-state index contributed by atoms with van der Waals surface area (Å²) < 4.78 is 17.1. The number of aliphatic hydroxyl groups excluding tert-OH is 5. The van der Waals surface area contributed by atoms with Crippen LogP contribution in [0.4, 0.5) is 0 Å². The van der Waals surface area contributed by atoms with Gasteiger partial charge in [-0.3, -0.25) is 14.3 Å². The smallest absolute Gasteiger partial charge is 0.330 e. The number of rotatable bonds is 6. The third-order valence-corrected chi connectivity index (χ3v) is 4.81. The molecule has 0 saturated carbocycles. The predicted molar refractivity (Wildman–Crippen MR) is 88.9 cm³/mol. The summed E-state index contributed by atoms with van der Waals surface area (Å²) >= 11 is 0. The summed E-state index contributed by atoms with van der Waals surface area (Å²) in [5, 5.41) is 50.0. The normalized spacial score (nSPS) is 39.4. The number of ether oxygens (including phenoxy) is 3. The molecule has 2 fully saturated rings. The van der Waals surface area contributed by atoms with Gasteiger partial charge in [0.05, 0.1) is 6.61 Å². The molecule has 13 heteroatoms. The van der Waals surface area contributed by atoms with Crippen LogP contribution in [0, 0.1) is 0 Å². The minimum Gasteiger partial charge on any atom is -0.394 e. The van der Waals surface area contributed by atoms with E-state index in [1.54, 1.807) is 0 Å². The first-order valence-corrected chi connectivity index (χ1v) is 8.59. The summed E-state index contributed by atoms with van der Waals surface area (Å²) in [6.45, 7) is -0.780. The third-order valence-electron chi connectivity index (χ3n) is 4.81. The van der Waals surface area contributed by atoms with Crippen molar-refractivity contribution in [1.29, 1.82) is 0 Å². The van der Waals surface area contributed by atoms with E-state index in [2.05, 4.69) is 0 Å². The molecule has 9 atom stereocenters. The number of H-pyrrole nitrogens is 1. The van der Waals surface area contributed by atoms with E-state index in [1.165, 1.54) is 0 Å². The van der Waals surface area contributed by atoms with Crippen molar-refractivity contribution in [2.24, 2.45) is 5.73 Å². The van der Waals surface area contributed by atoms with Gasteiger partial charge in [0.1, 0.15) is 42.7 Å². The Bertz CT molecular complexity index is 784. The van der Waals surface area contributed by atoms with Crippen LogP contribution in [0.25, 0.3) is 0 Å². The maximum atomic E-state index is 11.9. The molecule has 158 valence electrons. The van der Waals surface area contributed by atoms with Gasteiger partial charge in [0.25, 0.3) is 5.56 Å². The summed E-state index contributed by atoms with van der Waals surface area (Å²) in [6, 6.07) is 1.04. The molecule has 0 spiro atoms. The van der Waals surface area contributed by atoms with Crippen LogP contribution in [-0.4, -0.2) is 97.3 Å². The van der Waals surface area contributed by atoms with Crippen LogP contribution < -0.4 is 17.0 Å². The van der Waals surface area contributed by atoms with Gasteiger partial charge in [-0.1, -0.05) is 0 Å². The van der Waals surface area contributed by atoms with Gasteiger partial charge in [0, 0.05) is 18.8 Å². The Labute approximate surface area is 157 Å². The molecule has 0 bridgehead atoms. The Hall–Kier alpha value is -1.68. The lowest BCUT2D eigenvalue weighted by Crippen LogP contribution is -2.46. The first-order valence-electron chi connectivity index (χ1n) is 8.59. The fraction of sp³-hybridized carbons (Fsp3) is 0.733. The van der Waals surface area contributed by atoms with Gasteiger partial charge in [-0.15, -0.1) is 0 Å². The lowest BCUT2D eigenvalue weighted by Gasteiger charge is -2.28. The van der Waals surface area contributed by atoms with Crippen molar-refractivity contribution in [3.63, 3.8) is 0 Å². The molecule has 1 aromatic heterocycles. The second-order valence-corrected chi connectivity index (χ2v) is 6.61. The average molecular weight is 405 g/mol. The van der Waals surface area contributed by atoms with E-state index in [0.29, 0.717) is 0 Å². The minimum absolute atomic E-state index is 0.0830. The molecule has 2 saturated heterocycles. The predicted octanol–water partition coefficient (Wildman–Crippen LogP) is -5.06. The topological polar surface area (TPSA) is 210 Å². The standard InChI is InChI=1S/C15H23N3O10/c16-3-5-8(21)11(24)14(26-5)27-6(4-19)12-9(22)10(23)13(28-12)18-2-1-7(20)17-15(18)25/h1-2,5-6,8-14,19,21-24H,3-4,16H2,(H,17,20,25)/t5-,6+,8-,9+,10-,11-,12?,13-,14+/m1/s1. The molecule has 0 aromatic carbocycles. The van der Waals surface area contributed by atoms with Gasteiger partial charge in [0.15, 0.2) is 12.5 Å². The summed E-state index contributed by atoms with van der Waals surface area (Å²) in [5.74, 6) is 0. The van der Waals surface area contributed by atoms with Crippen LogP contribution in [0.15, 0.2) is 21.9 Å². The quantitative estimate of drug-likeness (QED) is 0.238. The maximum Gasteiger partial charge on any atom is 0.330 e. The van der Waals surface area contributed by atoms with Crippen LogP contribution in [0.1, 0.15) is 6.23 Å². The Morgan fingerprint density at radius 1 is 1.14 bits per heavy atom. The van der Waals surface area contributed by atoms with E-state index in [9.17, 15) is 35.1 Å². The number of aromatic amines is 1. The molecule has 0 amide bonds. The van der Waals surface area contributed by atoms with Crippen molar-refractivity contribution in [3.05, 3.63) is 33.1 Å². The second-order valence-electron chi connectivity index (χ2n) is 6.61. The fourth-order valence-corrected chi connectivity index (χ4v) is 3.27. The zero-order chi connectivity index (χ0) is 20.6. The minimum atomic E-state index is -1.58. The van der Waals surface area contributed by atoms with E-state index < -0.39 is 73.1 Å². The van der Waals surface area contributed by atoms with E-state index in [-0.39, 0.29) is 6.54 Å². The molecule has 1 aromatic rings. The molecule has 2 aliphatic heterocycles. The van der Waals surface area contributed by atoms with E-state index in [1.807, 2.05) is 4.98 Å². The van der Waals surface area contributed by atoms with Gasteiger partial charge < -0.3 is 45.5 Å². The largest absolute Gasteiger partial charge is 0.394 e. The summed E-state index contributed by atoms with van der Waals surface area (Å²) in [6.07, 6.45) is -11.0. The Balaban J connectivity index is 1.76. The molecule has 2 aliphatic rings. The van der Waals surface area contributed by atoms with Gasteiger partial charge in [-0.2, -0.15) is 0 Å². The Kier molecular flexibility index (Phi) is 6.28. The van der Waals surface area contributed by atoms with Crippen molar-refractivity contribution in [1.82, 2.24) is 9.55 Å². The van der Waals surface area contributed by atoms with E-state index >= 15 is 0 Å². The highest BCUT2D eigenvalue weighted by Gasteiger charge is 2.50. The number of aromatic nitrogens is 2. The summed E-state index contributed by atoms with van der Waals surface area (Å²) in [4.78, 5) is 25.1. The van der Waals surface area contributed by atoms with E-state index in [4.69, 9.17) is 19.9 Å². The van der Waals surface area contributed by atoms with Crippen molar-refractivity contribution in [3.8, 4) is 0 Å². The summed E-state index contributed by atoms with van der Waals surface area (Å²) in [5.41, 5.74) is 3.91. The van der Waals surface area contributed by atoms with Crippen LogP contribution in [0.3, 0.4) is 0 Å². The zero-order valence-electron chi connectivity index (χ0n) is 14.6. The molecule has 0 radical (unpaired) electrons. The van der Waals surface area contributed by atoms with Crippen LogP contribution in [0.5, 0.6) is 0 Å². The first-order chi connectivity index (χ1) is 13.3. The Morgan fingerprint density at radius 2 is 1.86 bits per heavy atom. The van der Waals surface area contributed by atoms with Gasteiger partial charge in [0.2, 0.25) is 0 Å². The lowest BCUT2D eigenvalue weighted by molar-refractivity contribution is -0.227. The summed E-state index contributed by atoms with van der Waals surface area (Å²) in [7, 11) is 0. The highest BCUT2D eigenvalue weighted by atomic mass is 16.7. The van der Waals surface area contributed by atoms with E-state index in [0.717, 1.165) is 16.8 Å². The number of nitrogens with zero attached hydrogens (tertiary/aromatic N) is 1. The van der Waals surface area contributed by atoms with Gasteiger partial charge >= 0.3 is 5.69 Å². The third kappa shape index (κ3) is 3.76. The van der Waals surface area contributed by atoms with Crippen LogP contribution >= 0.6 is 0 Å². The molecule has 28 heavy (non-hydrogen) atoms. The number of hydrogen-bond donors (Lipinski definition) is 7. The first kappa shape index (κ1) is 21.0. The second kappa shape index (κ2) is 8.36.